The number of hydrogen-bond donors (Lipinski definition) is 2. The summed E-state index contributed by atoms with van der Waals surface area (Å²) in [6.07, 6.45) is 0. The summed E-state index contributed by atoms with van der Waals surface area (Å²) in [4.78, 5) is 0. The van der Waals surface area contributed by atoms with Crippen LogP contribution < -0.4 is 11.5 Å². The minimum absolute atomic E-state index is 0.0115. The van der Waals surface area contributed by atoms with Crippen LogP contribution >= 0.6 is 0 Å². The Balaban J connectivity index is 0.000000671. The van der Waals surface area contributed by atoms with Crippen LogP contribution in [0.25, 0.3) is 0 Å². The van der Waals surface area contributed by atoms with Gasteiger partial charge < -0.3 is 11.5 Å². The third-order valence-electron chi connectivity index (χ3n) is 1.75. The number of rotatable bonds is 2. The van der Waals surface area contributed by atoms with E-state index >= 15 is 0 Å². The van der Waals surface area contributed by atoms with Crippen molar-refractivity contribution in [2.45, 2.75) is 32.9 Å². The highest BCUT2D eigenvalue weighted by atomic mass is 14.8. The fourth-order valence-electron chi connectivity index (χ4n) is 0.979. The molecule has 2 unspecified atom stereocenters. The Morgan fingerprint density at radius 2 is 1.46 bits per heavy atom. The minimum Gasteiger partial charge on any atom is -0.326 e. The summed E-state index contributed by atoms with van der Waals surface area (Å²) in [6, 6.07) is 9.86. The highest BCUT2D eigenvalue weighted by Gasteiger charge is 2.08. The zero-order valence-corrected chi connectivity index (χ0v) is 8.70. The lowest BCUT2D eigenvalue weighted by atomic mass is 10.0. The molecule has 1 rings (SSSR count). The number of nitrogens with two attached hydrogens (primary N) is 2. The van der Waals surface area contributed by atoms with Crippen molar-refractivity contribution in [3.05, 3.63) is 35.9 Å². The van der Waals surface area contributed by atoms with Gasteiger partial charge in [0.1, 0.15) is 0 Å². The van der Waals surface area contributed by atoms with Crippen molar-refractivity contribution in [1.82, 2.24) is 0 Å². The topological polar surface area (TPSA) is 52.0 Å². The van der Waals surface area contributed by atoms with Crippen LogP contribution in [0.4, 0.5) is 0 Å². The maximum atomic E-state index is 5.81. The average Bonchev–Trinajstić information content (AvgIpc) is 2.21. The van der Waals surface area contributed by atoms with E-state index in [0.29, 0.717) is 0 Å². The molecule has 0 saturated heterocycles. The van der Waals surface area contributed by atoms with Crippen molar-refractivity contribution >= 4 is 0 Å². The van der Waals surface area contributed by atoms with Crippen molar-refractivity contribution in [2.75, 3.05) is 0 Å². The first-order chi connectivity index (χ1) is 6.22. The molecule has 0 fully saturated rings. The lowest BCUT2D eigenvalue weighted by Crippen LogP contribution is -2.30. The van der Waals surface area contributed by atoms with Gasteiger partial charge in [0.25, 0.3) is 0 Å². The van der Waals surface area contributed by atoms with Crippen LogP contribution in [-0.2, 0) is 0 Å². The summed E-state index contributed by atoms with van der Waals surface area (Å²) in [5, 5.41) is 0. The zero-order chi connectivity index (χ0) is 10.3. The van der Waals surface area contributed by atoms with Crippen molar-refractivity contribution in [3.63, 3.8) is 0 Å². The van der Waals surface area contributed by atoms with Gasteiger partial charge in [-0.3, -0.25) is 0 Å². The second-order valence-corrected chi connectivity index (χ2v) is 2.80. The smallest absolute Gasteiger partial charge is 0.0445 e. The van der Waals surface area contributed by atoms with E-state index in [-0.39, 0.29) is 12.1 Å². The molecule has 1 aromatic rings. The van der Waals surface area contributed by atoms with Gasteiger partial charge in [0.05, 0.1) is 0 Å². The van der Waals surface area contributed by atoms with Gasteiger partial charge in [-0.15, -0.1) is 0 Å². The van der Waals surface area contributed by atoms with Gasteiger partial charge in [0.15, 0.2) is 0 Å². The van der Waals surface area contributed by atoms with Crippen LogP contribution in [0, 0.1) is 0 Å². The van der Waals surface area contributed by atoms with Crippen LogP contribution in [0.2, 0.25) is 0 Å². The third-order valence-corrected chi connectivity index (χ3v) is 1.75. The van der Waals surface area contributed by atoms with Gasteiger partial charge >= 0.3 is 0 Å². The fourth-order valence-corrected chi connectivity index (χ4v) is 0.979. The third kappa shape index (κ3) is 4.06. The van der Waals surface area contributed by atoms with E-state index < -0.39 is 0 Å². The molecule has 4 N–H and O–H groups in total. The molecule has 1 aromatic carbocycles. The van der Waals surface area contributed by atoms with E-state index in [0.717, 1.165) is 5.56 Å². The summed E-state index contributed by atoms with van der Waals surface area (Å²) in [5.74, 6) is 0. The van der Waals surface area contributed by atoms with Gasteiger partial charge in [0.2, 0.25) is 0 Å². The van der Waals surface area contributed by atoms with E-state index in [2.05, 4.69) is 0 Å². The molecule has 0 bridgehead atoms. The molecular weight excluding hydrogens is 160 g/mol. The molecular formula is C11H20N2. The van der Waals surface area contributed by atoms with Crippen LogP contribution in [0.15, 0.2) is 30.3 Å². The molecule has 0 aliphatic rings. The Labute approximate surface area is 80.9 Å². The highest BCUT2D eigenvalue weighted by Crippen LogP contribution is 2.11. The second-order valence-electron chi connectivity index (χ2n) is 2.80. The van der Waals surface area contributed by atoms with Crippen molar-refractivity contribution in [2.24, 2.45) is 11.5 Å². The molecule has 0 aliphatic heterocycles. The molecule has 2 nitrogen and oxygen atoms in total. The van der Waals surface area contributed by atoms with Crippen molar-refractivity contribution in [1.29, 1.82) is 0 Å². The summed E-state index contributed by atoms with van der Waals surface area (Å²) in [7, 11) is 0. The molecule has 2 atom stereocenters. The first kappa shape index (κ1) is 12.1. The van der Waals surface area contributed by atoms with E-state index in [9.17, 15) is 0 Å². The predicted octanol–water partition coefficient (Wildman–Crippen LogP) is 2.06. The zero-order valence-electron chi connectivity index (χ0n) is 8.70. The largest absolute Gasteiger partial charge is 0.326 e. The van der Waals surface area contributed by atoms with E-state index in [4.69, 9.17) is 11.5 Å². The lowest BCUT2D eigenvalue weighted by Gasteiger charge is -2.15. The average molecular weight is 180 g/mol. The first-order valence-electron chi connectivity index (χ1n) is 4.78. The van der Waals surface area contributed by atoms with Gasteiger partial charge in [0, 0.05) is 12.1 Å². The molecule has 74 valence electrons. The predicted molar refractivity (Wildman–Crippen MR) is 58.4 cm³/mol. The van der Waals surface area contributed by atoms with Gasteiger partial charge in [-0.2, -0.15) is 0 Å². The van der Waals surface area contributed by atoms with Gasteiger partial charge in [-0.05, 0) is 12.5 Å². The molecule has 0 aliphatic carbocycles. The number of benzene rings is 1. The highest BCUT2D eigenvalue weighted by molar-refractivity contribution is 5.19. The molecule has 0 aromatic heterocycles. The van der Waals surface area contributed by atoms with Crippen LogP contribution in [0.5, 0.6) is 0 Å². The molecule has 0 heterocycles. The monoisotopic (exact) mass is 180 g/mol. The van der Waals surface area contributed by atoms with Gasteiger partial charge in [-0.25, -0.2) is 0 Å². The minimum atomic E-state index is -0.0452. The Morgan fingerprint density at radius 1 is 1.00 bits per heavy atom. The summed E-state index contributed by atoms with van der Waals surface area (Å²) >= 11 is 0. The van der Waals surface area contributed by atoms with E-state index in [1.165, 1.54) is 0 Å². The maximum absolute atomic E-state index is 5.81. The summed E-state index contributed by atoms with van der Waals surface area (Å²) < 4.78 is 0. The number of hydrogen-bond acceptors (Lipinski definition) is 2. The van der Waals surface area contributed by atoms with Crippen LogP contribution in [0.1, 0.15) is 32.4 Å². The fraction of sp³-hybridized carbons (Fsp3) is 0.455. The van der Waals surface area contributed by atoms with Gasteiger partial charge in [-0.1, -0.05) is 44.2 Å². The van der Waals surface area contributed by atoms with Crippen molar-refractivity contribution < 1.29 is 0 Å². The van der Waals surface area contributed by atoms with Crippen LogP contribution in [-0.4, -0.2) is 6.04 Å². The molecule has 0 saturated carbocycles. The Bertz CT molecular complexity index is 207. The molecule has 0 spiro atoms. The molecule has 13 heavy (non-hydrogen) atoms. The molecule has 2 heteroatoms. The Kier molecular flexibility index (Phi) is 6.20. The second kappa shape index (κ2) is 6.63. The Hall–Kier alpha value is -0.860. The standard InChI is InChI=1S/C9H14N2.C2H6/c1-7(10)9(11)8-5-3-2-4-6-8;1-2/h2-7,9H,10-11H2,1H3;1-2H3. The first-order valence-corrected chi connectivity index (χ1v) is 4.78. The summed E-state index contributed by atoms with van der Waals surface area (Å²) in [6.45, 7) is 5.91. The normalized spacial score (nSPS) is 13.9. The lowest BCUT2D eigenvalue weighted by molar-refractivity contribution is 0.589. The quantitative estimate of drug-likeness (QED) is 0.732. The summed E-state index contributed by atoms with van der Waals surface area (Å²) in [5.41, 5.74) is 12.6. The maximum Gasteiger partial charge on any atom is 0.0445 e. The Morgan fingerprint density at radius 3 is 1.85 bits per heavy atom. The van der Waals surface area contributed by atoms with Crippen LogP contribution in [0.3, 0.4) is 0 Å². The molecule has 0 radical (unpaired) electrons. The SMILES string of the molecule is CC.CC(N)C(N)c1ccccc1. The van der Waals surface area contributed by atoms with Crippen molar-refractivity contribution in [3.8, 4) is 0 Å². The van der Waals surface area contributed by atoms with E-state index in [1.54, 1.807) is 0 Å². The molecule has 0 amide bonds. The van der Waals surface area contributed by atoms with E-state index in [1.807, 2.05) is 51.1 Å².